The largest absolute Gasteiger partial charge is 0.328 e. The quantitative estimate of drug-likeness (QED) is 0.0324. The van der Waals surface area contributed by atoms with E-state index < -0.39 is 0 Å². The zero-order valence-corrected chi connectivity index (χ0v) is 52.4. The van der Waals surface area contributed by atoms with Crippen molar-refractivity contribution in [1.29, 1.82) is 0 Å². The first-order valence-electron chi connectivity index (χ1n) is 34.8. The summed E-state index contributed by atoms with van der Waals surface area (Å²) in [4.78, 5) is 0. The van der Waals surface area contributed by atoms with E-state index in [1.807, 2.05) is 0 Å². The Kier molecular flexibility index (Phi) is 65.3. The van der Waals surface area contributed by atoms with Gasteiger partial charge >= 0.3 is 0 Å². The van der Waals surface area contributed by atoms with Gasteiger partial charge in [-0.25, -0.2) is 0 Å². The van der Waals surface area contributed by atoms with Crippen molar-refractivity contribution in [3.8, 4) is 0 Å². The Morgan fingerprint density at radius 3 is 0.507 bits per heavy atom. The number of unbranched alkanes of at least 4 members (excludes halogenated alkanes) is 48. The molecule has 0 saturated carbocycles. The first kappa shape index (κ1) is 73.4. The van der Waals surface area contributed by atoms with Crippen LogP contribution in [0.3, 0.4) is 0 Å². The zero-order valence-electron chi connectivity index (χ0n) is 52.4. The normalized spacial score (nSPS) is 12.6. The van der Waals surface area contributed by atoms with Gasteiger partial charge in [0.25, 0.3) is 0 Å². The third kappa shape index (κ3) is 68.5. The molecule has 75 heavy (non-hydrogen) atoms. The Morgan fingerprint density at radius 1 is 0.173 bits per heavy atom. The molecule has 0 aromatic carbocycles. The third-order valence-electron chi connectivity index (χ3n) is 16.2. The lowest BCUT2D eigenvalue weighted by atomic mass is 10.0. The average Bonchev–Trinajstić information content (AvgIpc) is 3.41. The van der Waals surface area contributed by atoms with Crippen LogP contribution >= 0.6 is 0 Å². The molecule has 1 heteroatoms. The van der Waals surface area contributed by atoms with Gasteiger partial charge in [-0.3, -0.25) is 0 Å². The van der Waals surface area contributed by atoms with Crippen molar-refractivity contribution in [2.75, 3.05) is 27.2 Å². The molecule has 0 radical (unpaired) electrons. The van der Waals surface area contributed by atoms with Gasteiger partial charge in [0.2, 0.25) is 0 Å². The summed E-state index contributed by atoms with van der Waals surface area (Å²) in [5.74, 6) is 0. The van der Waals surface area contributed by atoms with Gasteiger partial charge < -0.3 is 4.48 Å². The van der Waals surface area contributed by atoms with Crippen LogP contribution in [0.1, 0.15) is 373 Å². The minimum Gasteiger partial charge on any atom is -0.328 e. The Balaban J connectivity index is 3.36. The van der Waals surface area contributed by atoms with E-state index in [-0.39, 0.29) is 0 Å². The van der Waals surface area contributed by atoms with E-state index >= 15 is 0 Å². The number of rotatable bonds is 64. The molecule has 0 unspecified atom stereocenters. The molecule has 0 fully saturated rings. The molecule has 0 aliphatic carbocycles. The molecule has 0 amide bonds. The molecule has 1 nitrogen and oxygen atoms in total. The molecule has 0 aliphatic heterocycles. The van der Waals surface area contributed by atoms with E-state index in [2.05, 4.69) is 101 Å². The average molecular weight is 1040 g/mol. The van der Waals surface area contributed by atoms with Gasteiger partial charge in [0, 0.05) is 0 Å². The molecule has 440 valence electrons. The van der Waals surface area contributed by atoms with E-state index in [0.29, 0.717) is 0 Å². The second kappa shape index (κ2) is 66.7. The van der Waals surface area contributed by atoms with Crippen molar-refractivity contribution < 1.29 is 4.48 Å². The predicted octanol–water partition coefficient (Wildman–Crippen LogP) is 26.3. The summed E-state index contributed by atoms with van der Waals surface area (Å²) in [5, 5.41) is 0. The van der Waals surface area contributed by atoms with Gasteiger partial charge in [-0.2, -0.15) is 0 Å². The molecule has 0 N–H and O–H groups in total. The molecule has 0 aliphatic rings. The maximum absolute atomic E-state index is 2.47. The van der Waals surface area contributed by atoms with Crippen LogP contribution in [-0.4, -0.2) is 31.7 Å². The van der Waals surface area contributed by atoms with Gasteiger partial charge in [0.05, 0.1) is 27.2 Å². The number of nitrogens with zero attached hydrogens (tertiary/aromatic N) is 1. The van der Waals surface area contributed by atoms with Crippen LogP contribution < -0.4 is 0 Å². The van der Waals surface area contributed by atoms with Crippen molar-refractivity contribution in [2.24, 2.45) is 0 Å². The van der Waals surface area contributed by atoms with Gasteiger partial charge in [-0.1, -0.05) is 305 Å². The monoisotopic (exact) mass is 1040 g/mol. The van der Waals surface area contributed by atoms with Gasteiger partial charge in [-0.05, 0) is 141 Å². The third-order valence-corrected chi connectivity index (χ3v) is 16.2. The standard InChI is InChI=1S/C74H140N/c1-5-7-9-11-13-15-17-19-21-23-25-27-29-31-33-35-37-39-41-43-45-47-49-51-53-55-57-59-61-63-65-67-69-71-73-75(3,4)74-72-70-68-66-64-62-60-58-56-54-52-50-48-46-44-42-40-38-36-34-32-30-28-26-24-22-20-18-16-14-12-10-8-6-2/h19-22,49-52,55-58H,5-18,23-48,53-54,59-74H2,1-4H3/q+1/b21-19-,22-20-,51-49-,52-50-,57-55-,58-56-. The Hall–Kier alpha value is -1.60. The number of quaternary nitrogens is 1. The topological polar surface area (TPSA) is 0 Å². The molecule has 0 aromatic rings. The lowest BCUT2D eigenvalue weighted by molar-refractivity contribution is -0.890. The number of hydrogen-bond acceptors (Lipinski definition) is 0. The maximum atomic E-state index is 2.47. The van der Waals surface area contributed by atoms with Crippen LogP contribution in [0.2, 0.25) is 0 Å². The van der Waals surface area contributed by atoms with E-state index in [0.717, 1.165) is 12.8 Å². The number of allylic oxidation sites excluding steroid dienone is 12. The highest BCUT2D eigenvalue weighted by Crippen LogP contribution is 2.17. The van der Waals surface area contributed by atoms with Crippen molar-refractivity contribution in [1.82, 2.24) is 0 Å². The first-order chi connectivity index (χ1) is 37.1. The second-order valence-corrected chi connectivity index (χ2v) is 24.5. The minimum atomic E-state index is 1.12. The SMILES string of the molecule is CCCCCCCC/C=C\CCCCCCCCCCCCC/C=C\C/C=C\CCCCCCCC[N+](C)(C)CCCCCCCC/C=C\C/C=C\CCCCCCCCCCCCC/C=C\CCCCCCCC. The molecule has 0 heterocycles. The fourth-order valence-electron chi connectivity index (χ4n) is 10.9. The Bertz CT molecular complexity index is 1120. The van der Waals surface area contributed by atoms with Crippen molar-refractivity contribution >= 4 is 0 Å². The van der Waals surface area contributed by atoms with E-state index in [4.69, 9.17) is 0 Å². The fraction of sp³-hybridized carbons (Fsp3) is 0.838. The predicted molar refractivity (Wildman–Crippen MR) is 347 cm³/mol. The summed E-state index contributed by atoms with van der Waals surface area (Å²) in [6, 6.07) is 0. The highest BCUT2D eigenvalue weighted by molar-refractivity contribution is 4.93. The van der Waals surface area contributed by atoms with Crippen LogP contribution in [0, 0.1) is 0 Å². The van der Waals surface area contributed by atoms with E-state index in [1.165, 1.54) is 364 Å². The number of hydrogen-bond donors (Lipinski definition) is 0. The summed E-state index contributed by atoms with van der Waals surface area (Å²) in [6.07, 6.45) is 107. The molecule has 0 bridgehead atoms. The van der Waals surface area contributed by atoms with Gasteiger partial charge in [0.15, 0.2) is 0 Å². The van der Waals surface area contributed by atoms with Crippen LogP contribution in [0.4, 0.5) is 0 Å². The first-order valence-corrected chi connectivity index (χ1v) is 34.8. The van der Waals surface area contributed by atoms with Crippen LogP contribution in [-0.2, 0) is 0 Å². The lowest BCUT2D eigenvalue weighted by Gasteiger charge is -2.30. The van der Waals surface area contributed by atoms with Crippen molar-refractivity contribution in [2.45, 2.75) is 373 Å². The summed E-state index contributed by atoms with van der Waals surface area (Å²) in [5.41, 5.74) is 0. The smallest absolute Gasteiger partial charge is 0.0782 e. The molecule has 0 saturated heterocycles. The maximum Gasteiger partial charge on any atom is 0.0782 e. The van der Waals surface area contributed by atoms with Crippen molar-refractivity contribution in [3.63, 3.8) is 0 Å². The van der Waals surface area contributed by atoms with Crippen LogP contribution in [0.5, 0.6) is 0 Å². The van der Waals surface area contributed by atoms with E-state index in [1.54, 1.807) is 0 Å². The summed E-state index contributed by atoms with van der Waals surface area (Å²) in [6.45, 7) is 7.31. The van der Waals surface area contributed by atoms with Crippen LogP contribution in [0.25, 0.3) is 0 Å². The second-order valence-electron chi connectivity index (χ2n) is 24.5. The molecular formula is C74H140N+. The highest BCUT2D eigenvalue weighted by atomic mass is 15.3. The summed E-state index contributed by atoms with van der Waals surface area (Å²) in [7, 11) is 4.93. The fourth-order valence-corrected chi connectivity index (χ4v) is 10.9. The van der Waals surface area contributed by atoms with Gasteiger partial charge in [0.1, 0.15) is 0 Å². The molecule has 0 spiro atoms. The highest BCUT2D eigenvalue weighted by Gasteiger charge is 2.13. The van der Waals surface area contributed by atoms with Gasteiger partial charge in [-0.15, -0.1) is 0 Å². The van der Waals surface area contributed by atoms with E-state index in [9.17, 15) is 0 Å². The molecular weight excluding hydrogens is 903 g/mol. The summed E-state index contributed by atoms with van der Waals surface area (Å²) < 4.78 is 1.22. The molecule has 0 rings (SSSR count). The Labute approximate surface area is 475 Å². The molecule has 0 aromatic heterocycles. The lowest BCUT2D eigenvalue weighted by Crippen LogP contribution is -2.41. The van der Waals surface area contributed by atoms with Crippen molar-refractivity contribution in [3.05, 3.63) is 72.9 Å². The minimum absolute atomic E-state index is 1.12. The Morgan fingerprint density at radius 2 is 0.320 bits per heavy atom. The molecule has 0 atom stereocenters. The van der Waals surface area contributed by atoms with Crippen LogP contribution in [0.15, 0.2) is 72.9 Å². The zero-order chi connectivity index (χ0) is 54.0. The summed E-state index contributed by atoms with van der Waals surface area (Å²) >= 11 is 0.